The standard InChI is InChI=1S/C19H24ClN3O3/c1-3-13-6-8-19(9-7-13)17(25)23(18(26)22-19)11-16(24)21-15-5-4-14(20)10-12(15)2/h4-5,10,13H,3,6-9,11H2,1-2H3,(H,21,24)(H,22,26). The van der Waals surface area contributed by atoms with E-state index < -0.39 is 17.5 Å². The van der Waals surface area contributed by atoms with E-state index in [2.05, 4.69) is 17.6 Å². The molecule has 4 amide bonds. The highest BCUT2D eigenvalue weighted by Crippen LogP contribution is 2.37. The summed E-state index contributed by atoms with van der Waals surface area (Å²) in [7, 11) is 0. The third-order valence-corrected chi connectivity index (χ3v) is 5.78. The largest absolute Gasteiger partial charge is 0.325 e. The zero-order chi connectivity index (χ0) is 18.9. The van der Waals surface area contributed by atoms with E-state index in [1.165, 1.54) is 0 Å². The maximum absolute atomic E-state index is 12.8. The lowest BCUT2D eigenvalue weighted by Gasteiger charge is -2.34. The number of nitrogens with one attached hydrogen (secondary N) is 2. The Morgan fingerprint density at radius 3 is 2.65 bits per heavy atom. The van der Waals surface area contributed by atoms with Gasteiger partial charge in [-0.25, -0.2) is 4.79 Å². The molecular weight excluding hydrogens is 354 g/mol. The summed E-state index contributed by atoms with van der Waals surface area (Å²) in [6, 6.07) is 4.65. The molecule has 0 atom stereocenters. The number of benzene rings is 1. The van der Waals surface area contributed by atoms with Crippen LogP contribution in [-0.2, 0) is 9.59 Å². The second-order valence-corrected chi connectivity index (χ2v) is 7.70. The number of carbonyl (C=O) groups excluding carboxylic acids is 3. The summed E-state index contributed by atoms with van der Waals surface area (Å²) in [5.41, 5.74) is 0.612. The van der Waals surface area contributed by atoms with Crippen molar-refractivity contribution < 1.29 is 14.4 Å². The fourth-order valence-corrected chi connectivity index (χ4v) is 4.06. The van der Waals surface area contributed by atoms with Gasteiger partial charge in [0.25, 0.3) is 5.91 Å². The number of anilines is 1. The third kappa shape index (κ3) is 3.56. The van der Waals surface area contributed by atoms with Crippen molar-refractivity contribution in [2.24, 2.45) is 5.92 Å². The van der Waals surface area contributed by atoms with Crippen LogP contribution in [0.2, 0.25) is 5.02 Å². The first kappa shape index (κ1) is 18.7. The summed E-state index contributed by atoms with van der Waals surface area (Å²) < 4.78 is 0. The first-order chi connectivity index (χ1) is 12.3. The van der Waals surface area contributed by atoms with Gasteiger partial charge in [0.15, 0.2) is 0 Å². The number of aryl methyl sites for hydroxylation is 1. The van der Waals surface area contributed by atoms with Gasteiger partial charge < -0.3 is 10.6 Å². The molecule has 1 saturated carbocycles. The van der Waals surface area contributed by atoms with Gasteiger partial charge in [-0.3, -0.25) is 14.5 Å². The monoisotopic (exact) mass is 377 g/mol. The van der Waals surface area contributed by atoms with Crippen LogP contribution in [0.3, 0.4) is 0 Å². The predicted molar refractivity (Wildman–Crippen MR) is 100 cm³/mol. The Labute approximate surface area is 158 Å². The lowest BCUT2D eigenvalue weighted by Crippen LogP contribution is -2.49. The summed E-state index contributed by atoms with van der Waals surface area (Å²) in [5.74, 6) is -0.0752. The molecule has 140 valence electrons. The Balaban J connectivity index is 1.65. The molecule has 2 fully saturated rings. The van der Waals surface area contributed by atoms with Crippen molar-refractivity contribution in [3.63, 3.8) is 0 Å². The SMILES string of the molecule is CCC1CCC2(CC1)NC(=O)N(CC(=O)Nc1ccc(Cl)cc1C)C2=O. The molecule has 0 aromatic heterocycles. The van der Waals surface area contributed by atoms with E-state index in [9.17, 15) is 14.4 Å². The van der Waals surface area contributed by atoms with E-state index in [4.69, 9.17) is 11.6 Å². The average molecular weight is 378 g/mol. The molecule has 1 heterocycles. The van der Waals surface area contributed by atoms with Crippen molar-refractivity contribution in [2.75, 3.05) is 11.9 Å². The second kappa shape index (κ2) is 7.27. The fraction of sp³-hybridized carbons (Fsp3) is 0.526. The Hall–Kier alpha value is -2.08. The lowest BCUT2D eigenvalue weighted by molar-refractivity contribution is -0.135. The van der Waals surface area contributed by atoms with Gasteiger partial charge in [0.05, 0.1) is 0 Å². The molecular formula is C19H24ClN3O3. The molecule has 1 spiro atoms. The van der Waals surface area contributed by atoms with Crippen LogP contribution in [0.15, 0.2) is 18.2 Å². The fourth-order valence-electron chi connectivity index (χ4n) is 3.84. The smallest absolute Gasteiger partial charge is 0.324 e. The molecule has 6 nitrogen and oxygen atoms in total. The van der Waals surface area contributed by atoms with Crippen molar-refractivity contribution in [2.45, 2.75) is 51.5 Å². The molecule has 1 aliphatic carbocycles. The van der Waals surface area contributed by atoms with Crippen molar-refractivity contribution in [1.29, 1.82) is 0 Å². The zero-order valence-corrected chi connectivity index (χ0v) is 15.9. The molecule has 2 aliphatic rings. The van der Waals surface area contributed by atoms with Crippen LogP contribution in [-0.4, -0.2) is 34.8 Å². The first-order valence-electron chi connectivity index (χ1n) is 9.05. The van der Waals surface area contributed by atoms with Crippen LogP contribution in [0.5, 0.6) is 0 Å². The Kier molecular flexibility index (Phi) is 5.23. The second-order valence-electron chi connectivity index (χ2n) is 7.26. The topological polar surface area (TPSA) is 78.5 Å². The van der Waals surface area contributed by atoms with Crippen LogP contribution in [0.4, 0.5) is 10.5 Å². The number of imide groups is 1. The Morgan fingerprint density at radius 2 is 2.04 bits per heavy atom. The number of rotatable bonds is 4. The van der Waals surface area contributed by atoms with Crippen molar-refractivity contribution in [1.82, 2.24) is 10.2 Å². The Bertz CT molecular complexity index is 742. The molecule has 1 saturated heterocycles. The first-order valence-corrected chi connectivity index (χ1v) is 9.42. The van der Waals surface area contributed by atoms with Gasteiger partial charge in [0.2, 0.25) is 5.91 Å². The summed E-state index contributed by atoms with van der Waals surface area (Å²) in [6.45, 7) is 3.69. The van der Waals surface area contributed by atoms with Crippen molar-refractivity contribution in [3.05, 3.63) is 28.8 Å². The number of nitrogens with zero attached hydrogens (tertiary/aromatic N) is 1. The molecule has 0 unspecified atom stereocenters. The minimum atomic E-state index is -0.820. The molecule has 26 heavy (non-hydrogen) atoms. The van der Waals surface area contributed by atoms with Crippen LogP contribution in [0.25, 0.3) is 0 Å². The van der Waals surface area contributed by atoms with E-state index in [-0.39, 0.29) is 12.5 Å². The predicted octanol–water partition coefficient (Wildman–Crippen LogP) is 3.48. The zero-order valence-electron chi connectivity index (χ0n) is 15.1. The van der Waals surface area contributed by atoms with Crippen LogP contribution < -0.4 is 10.6 Å². The number of amides is 4. The third-order valence-electron chi connectivity index (χ3n) is 5.55. The Morgan fingerprint density at radius 1 is 1.35 bits per heavy atom. The molecule has 7 heteroatoms. The van der Waals surface area contributed by atoms with Crippen LogP contribution >= 0.6 is 11.6 Å². The maximum atomic E-state index is 12.8. The van der Waals surface area contributed by atoms with Gasteiger partial charge in [-0.2, -0.15) is 0 Å². The van der Waals surface area contributed by atoms with Gasteiger partial charge in [0.1, 0.15) is 12.1 Å². The quantitative estimate of drug-likeness (QED) is 0.788. The minimum absolute atomic E-state index is 0.278. The number of urea groups is 1. The van der Waals surface area contributed by atoms with E-state index in [0.29, 0.717) is 29.5 Å². The van der Waals surface area contributed by atoms with Gasteiger partial charge in [-0.05, 0) is 62.3 Å². The number of halogens is 1. The number of carbonyl (C=O) groups is 3. The molecule has 0 radical (unpaired) electrons. The van der Waals surface area contributed by atoms with Crippen molar-refractivity contribution in [3.8, 4) is 0 Å². The van der Waals surface area contributed by atoms with Gasteiger partial charge in [-0.15, -0.1) is 0 Å². The minimum Gasteiger partial charge on any atom is -0.324 e. The highest BCUT2D eigenvalue weighted by atomic mass is 35.5. The van der Waals surface area contributed by atoms with E-state index in [0.717, 1.165) is 29.7 Å². The van der Waals surface area contributed by atoms with Gasteiger partial charge in [0, 0.05) is 10.7 Å². The highest BCUT2D eigenvalue weighted by molar-refractivity contribution is 6.30. The van der Waals surface area contributed by atoms with Crippen LogP contribution in [0, 0.1) is 12.8 Å². The average Bonchev–Trinajstić information content (AvgIpc) is 2.82. The van der Waals surface area contributed by atoms with Gasteiger partial charge in [-0.1, -0.05) is 24.9 Å². The lowest BCUT2D eigenvalue weighted by atomic mass is 9.75. The number of hydrogen-bond acceptors (Lipinski definition) is 3. The molecule has 1 aliphatic heterocycles. The molecule has 0 bridgehead atoms. The summed E-state index contributed by atoms with van der Waals surface area (Å²) in [4.78, 5) is 38.5. The van der Waals surface area contributed by atoms with Gasteiger partial charge >= 0.3 is 6.03 Å². The summed E-state index contributed by atoms with van der Waals surface area (Å²) >= 11 is 5.91. The number of hydrogen-bond donors (Lipinski definition) is 2. The van der Waals surface area contributed by atoms with E-state index in [1.54, 1.807) is 18.2 Å². The van der Waals surface area contributed by atoms with E-state index >= 15 is 0 Å². The molecule has 2 N–H and O–H groups in total. The van der Waals surface area contributed by atoms with E-state index in [1.807, 2.05) is 6.92 Å². The molecule has 1 aromatic carbocycles. The van der Waals surface area contributed by atoms with Crippen molar-refractivity contribution >= 4 is 35.1 Å². The molecule has 3 rings (SSSR count). The maximum Gasteiger partial charge on any atom is 0.325 e. The van der Waals surface area contributed by atoms with Crippen LogP contribution in [0.1, 0.15) is 44.6 Å². The normalized spacial score (nSPS) is 25.5. The summed E-state index contributed by atoms with van der Waals surface area (Å²) in [6.07, 6.45) is 4.22. The summed E-state index contributed by atoms with van der Waals surface area (Å²) in [5, 5.41) is 6.17. The highest BCUT2D eigenvalue weighted by Gasteiger charge is 2.52. The molecule has 1 aromatic rings.